The van der Waals surface area contributed by atoms with Crippen molar-refractivity contribution < 1.29 is 9.53 Å². The van der Waals surface area contributed by atoms with E-state index in [1.54, 1.807) is 0 Å². The van der Waals surface area contributed by atoms with Crippen LogP contribution in [0.2, 0.25) is 0 Å². The van der Waals surface area contributed by atoms with Crippen molar-refractivity contribution in [1.82, 2.24) is 0 Å². The van der Waals surface area contributed by atoms with Crippen LogP contribution >= 0.6 is 9.24 Å². The molecule has 2 aliphatic rings. The molecule has 60 valence electrons. The summed E-state index contributed by atoms with van der Waals surface area (Å²) in [6.45, 7) is 0. The smallest absolute Gasteiger partial charge is 0.335 e. The molecule has 0 N–H and O–H groups in total. The summed E-state index contributed by atoms with van der Waals surface area (Å²) in [7, 11) is 2.57. The first-order valence-corrected chi connectivity index (χ1v) is 4.64. The molecular formula is C8H11O2P. The summed E-state index contributed by atoms with van der Waals surface area (Å²) in [4.78, 5) is 11.1. The maximum absolute atomic E-state index is 11.1. The number of esters is 1. The average Bonchev–Trinajstić information content (AvgIpc) is 2.30. The second-order valence-electron chi connectivity index (χ2n) is 3.04. The molecular weight excluding hydrogens is 159 g/mol. The minimum Gasteiger partial charge on any atom is -0.450 e. The van der Waals surface area contributed by atoms with Crippen molar-refractivity contribution in [3.8, 4) is 0 Å². The zero-order valence-electron chi connectivity index (χ0n) is 6.30. The normalized spacial score (nSPS) is 30.3. The highest BCUT2D eigenvalue weighted by Crippen LogP contribution is 2.36. The first-order chi connectivity index (χ1) is 5.29. The summed E-state index contributed by atoms with van der Waals surface area (Å²) >= 11 is 0. The third kappa shape index (κ3) is 1.10. The standard InChI is InChI=1S/C8H11O2P/c9-7-5-3-1-2-4-6(5)8(11)10-7/h8H,1-4,11H2. The first kappa shape index (κ1) is 7.30. The lowest BCUT2D eigenvalue weighted by atomic mass is 9.94. The molecule has 2 rings (SSSR count). The lowest BCUT2D eigenvalue weighted by molar-refractivity contribution is -0.137. The Morgan fingerprint density at radius 2 is 2.09 bits per heavy atom. The van der Waals surface area contributed by atoms with Crippen molar-refractivity contribution in [2.45, 2.75) is 31.5 Å². The predicted octanol–water partition coefficient (Wildman–Crippen LogP) is 1.61. The Morgan fingerprint density at radius 1 is 1.36 bits per heavy atom. The minimum absolute atomic E-state index is 0.0159. The summed E-state index contributed by atoms with van der Waals surface area (Å²) in [6, 6.07) is 0. The highest BCUT2D eigenvalue weighted by molar-refractivity contribution is 7.17. The van der Waals surface area contributed by atoms with E-state index in [1.807, 2.05) is 0 Å². The van der Waals surface area contributed by atoms with Crippen molar-refractivity contribution in [2.75, 3.05) is 0 Å². The number of hydrogen-bond acceptors (Lipinski definition) is 2. The van der Waals surface area contributed by atoms with Crippen molar-refractivity contribution in [1.29, 1.82) is 0 Å². The van der Waals surface area contributed by atoms with Gasteiger partial charge in [-0.3, -0.25) is 0 Å². The maximum atomic E-state index is 11.1. The van der Waals surface area contributed by atoms with Crippen LogP contribution in [-0.2, 0) is 9.53 Å². The van der Waals surface area contributed by atoms with Gasteiger partial charge in [0.05, 0.1) is 0 Å². The van der Waals surface area contributed by atoms with E-state index in [4.69, 9.17) is 4.74 Å². The fourth-order valence-electron chi connectivity index (χ4n) is 1.73. The van der Waals surface area contributed by atoms with Crippen molar-refractivity contribution >= 4 is 15.2 Å². The molecule has 0 aromatic heterocycles. The van der Waals surface area contributed by atoms with Gasteiger partial charge in [0.2, 0.25) is 0 Å². The molecule has 0 aromatic carbocycles. The Morgan fingerprint density at radius 3 is 2.82 bits per heavy atom. The summed E-state index contributed by atoms with van der Waals surface area (Å²) < 4.78 is 5.06. The summed E-state index contributed by atoms with van der Waals surface area (Å²) in [5.74, 6) is -0.0995. The van der Waals surface area contributed by atoms with Gasteiger partial charge in [-0.15, -0.1) is 0 Å². The summed E-state index contributed by atoms with van der Waals surface area (Å²) in [5.41, 5.74) is 2.18. The zero-order valence-corrected chi connectivity index (χ0v) is 7.45. The molecule has 1 heterocycles. The van der Waals surface area contributed by atoms with Crippen LogP contribution in [0.15, 0.2) is 11.1 Å². The Bertz CT molecular complexity index is 232. The molecule has 2 nitrogen and oxygen atoms in total. The van der Waals surface area contributed by atoms with Gasteiger partial charge < -0.3 is 4.74 Å². The first-order valence-electron chi connectivity index (χ1n) is 3.97. The molecule has 0 radical (unpaired) electrons. The summed E-state index contributed by atoms with van der Waals surface area (Å²) in [5, 5.41) is 0. The second kappa shape index (κ2) is 2.60. The topological polar surface area (TPSA) is 26.3 Å². The Balaban J connectivity index is 2.32. The molecule has 2 unspecified atom stereocenters. The van der Waals surface area contributed by atoms with Crippen LogP contribution in [0.4, 0.5) is 0 Å². The van der Waals surface area contributed by atoms with E-state index < -0.39 is 0 Å². The van der Waals surface area contributed by atoms with E-state index in [0.717, 1.165) is 24.8 Å². The van der Waals surface area contributed by atoms with E-state index >= 15 is 0 Å². The number of cyclic esters (lactones) is 1. The van der Waals surface area contributed by atoms with E-state index in [0.29, 0.717) is 0 Å². The van der Waals surface area contributed by atoms with E-state index in [-0.39, 0.29) is 11.8 Å². The van der Waals surface area contributed by atoms with Gasteiger partial charge in [-0.2, -0.15) is 0 Å². The Hall–Kier alpha value is -0.360. The molecule has 0 amide bonds. The van der Waals surface area contributed by atoms with E-state index in [1.165, 1.54) is 12.0 Å². The van der Waals surface area contributed by atoms with Crippen LogP contribution in [0.5, 0.6) is 0 Å². The second-order valence-corrected chi connectivity index (χ2v) is 3.64. The van der Waals surface area contributed by atoms with Gasteiger partial charge in [0, 0.05) is 5.57 Å². The molecule has 0 spiro atoms. The quantitative estimate of drug-likeness (QED) is 0.408. The molecule has 0 saturated heterocycles. The van der Waals surface area contributed by atoms with E-state index in [2.05, 4.69) is 9.24 Å². The SMILES string of the molecule is O=C1OC(P)C2=C1CCCC2. The molecule has 1 aliphatic heterocycles. The third-order valence-electron chi connectivity index (χ3n) is 2.33. The molecule has 0 bridgehead atoms. The highest BCUT2D eigenvalue weighted by Gasteiger charge is 2.31. The van der Waals surface area contributed by atoms with Gasteiger partial charge in [0.15, 0.2) is 0 Å². The van der Waals surface area contributed by atoms with Gasteiger partial charge in [-0.25, -0.2) is 4.79 Å². The number of carbonyl (C=O) groups is 1. The van der Waals surface area contributed by atoms with Crippen LogP contribution in [0.3, 0.4) is 0 Å². The molecule has 0 aromatic rings. The van der Waals surface area contributed by atoms with Crippen LogP contribution in [-0.4, -0.2) is 11.8 Å². The Labute approximate surface area is 68.2 Å². The van der Waals surface area contributed by atoms with Crippen molar-refractivity contribution in [3.05, 3.63) is 11.1 Å². The van der Waals surface area contributed by atoms with Gasteiger partial charge in [-0.1, -0.05) is 9.24 Å². The molecule has 1 aliphatic carbocycles. The van der Waals surface area contributed by atoms with Crippen molar-refractivity contribution in [3.63, 3.8) is 0 Å². The third-order valence-corrected chi connectivity index (χ3v) is 2.87. The van der Waals surface area contributed by atoms with Gasteiger partial charge in [0.25, 0.3) is 0 Å². The highest BCUT2D eigenvalue weighted by atomic mass is 31.0. The van der Waals surface area contributed by atoms with Crippen LogP contribution < -0.4 is 0 Å². The monoisotopic (exact) mass is 170 g/mol. The van der Waals surface area contributed by atoms with Gasteiger partial charge in [-0.05, 0) is 31.3 Å². The van der Waals surface area contributed by atoms with Crippen LogP contribution in [0.25, 0.3) is 0 Å². The predicted molar refractivity (Wildman–Crippen MR) is 45.1 cm³/mol. The van der Waals surface area contributed by atoms with Crippen LogP contribution in [0.1, 0.15) is 25.7 Å². The average molecular weight is 170 g/mol. The van der Waals surface area contributed by atoms with Gasteiger partial charge in [0.1, 0.15) is 5.85 Å². The van der Waals surface area contributed by atoms with Crippen LogP contribution in [0, 0.1) is 0 Å². The summed E-state index contributed by atoms with van der Waals surface area (Å²) in [6.07, 6.45) is 4.33. The fraction of sp³-hybridized carbons (Fsp3) is 0.625. The largest absolute Gasteiger partial charge is 0.450 e. The molecule has 3 heteroatoms. The van der Waals surface area contributed by atoms with Crippen molar-refractivity contribution in [2.24, 2.45) is 0 Å². The van der Waals surface area contributed by atoms with E-state index in [9.17, 15) is 4.79 Å². The Kier molecular flexibility index (Phi) is 1.72. The molecule has 11 heavy (non-hydrogen) atoms. The molecule has 2 atom stereocenters. The zero-order chi connectivity index (χ0) is 7.84. The number of rotatable bonds is 0. The minimum atomic E-state index is -0.0836. The number of carbonyl (C=O) groups excluding carboxylic acids is 1. The lowest BCUT2D eigenvalue weighted by Gasteiger charge is -2.11. The molecule has 0 saturated carbocycles. The van der Waals surface area contributed by atoms with Gasteiger partial charge >= 0.3 is 5.97 Å². The maximum Gasteiger partial charge on any atom is 0.335 e. The lowest BCUT2D eigenvalue weighted by Crippen LogP contribution is -2.01. The number of hydrogen-bond donors (Lipinski definition) is 0. The molecule has 0 fully saturated rings. The fourth-order valence-corrected chi connectivity index (χ4v) is 2.22. The number of ether oxygens (including phenoxy) is 1.